The number of hydrogen-bond donors (Lipinski definition) is 3. The van der Waals surface area contributed by atoms with E-state index in [1.54, 1.807) is 24.4 Å². The van der Waals surface area contributed by atoms with Gasteiger partial charge in [0.2, 0.25) is 0 Å². The summed E-state index contributed by atoms with van der Waals surface area (Å²) in [7, 11) is 0. The molecule has 7 heteroatoms. The van der Waals surface area contributed by atoms with E-state index >= 15 is 0 Å². The maximum atomic E-state index is 12.6. The molecular weight excluding hydrogens is 366 g/mol. The zero-order chi connectivity index (χ0) is 20.2. The van der Waals surface area contributed by atoms with Crippen molar-refractivity contribution in [3.8, 4) is 23.1 Å². The van der Waals surface area contributed by atoms with Crippen molar-refractivity contribution < 1.29 is 9.90 Å². The Morgan fingerprint density at radius 2 is 2.14 bits per heavy atom. The molecular formula is C22H19N5O2. The van der Waals surface area contributed by atoms with Crippen LogP contribution < -0.4 is 5.32 Å². The van der Waals surface area contributed by atoms with Gasteiger partial charge in [0.25, 0.3) is 5.91 Å². The van der Waals surface area contributed by atoms with Crippen molar-refractivity contribution in [2.75, 3.05) is 5.32 Å². The molecule has 1 aliphatic rings. The molecule has 1 aromatic carbocycles. The number of nitrogens with zero attached hydrogens (tertiary/aromatic N) is 3. The number of amides is 1. The third kappa shape index (κ3) is 3.87. The largest absolute Gasteiger partial charge is 0.506 e. The van der Waals surface area contributed by atoms with E-state index in [1.165, 1.54) is 6.20 Å². The number of nitrogens with one attached hydrogen (secondary N) is 2. The van der Waals surface area contributed by atoms with Crippen LogP contribution in [0.3, 0.4) is 0 Å². The first kappa shape index (κ1) is 18.4. The van der Waals surface area contributed by atoms with Gasteiger partial charge in [-0.15, -0.1) is 0 Å². The molecule has 7 nitrogen and oxygen atoms in total. The fourth-order valence-corrected chi connectivity index (χ4v) is 3.44. The van der Waals surface area contributed by atoms with Crippen molar-refractivity contribution in [2.24, 2.45) is 0 Å². The van der Waals surface area contributed by atoms with E-state index in [0.717, 1.165) is 42.4 Å². The van der Waals surface area contributed by atoms with Gasteiger partial charge in [0.05, 0.1) is 6.20 Å². The number of nitriles is 1. The number of carbonyl (C=O) groups is 1. The van der Waals surface area contributed by atoms with Crippen molar-refractivity contribution in [3.05, 3.63) is 65.9 Å². The van der Waals surface area contributed by atoms with Crippen LogP contribution in [0.4, 0.5) is 5.69 Å². The van der Waals surface area contributed by atoms with Gasteiger partial charge >= 0.3 is 0 Å². The molecule has 0 saturated carbocycles. The van der Waals surface area contributed by atoms with Crippen molar-refractivity contribution in [2.45, 2.75) is 25.7 Å². The molecule has 0 radical (unpaired) electrons. The molecule has 1 aliphatic carbocycles. The fourth-order valence-electron chi connectivity index (χ4n) is 3.44. The van der Waals surface area contributed by atoms with Crippen LogP contribution in [0, 0.1) is 11.3 Å². The highest BCUT2D eigenvalue weighted by Gasteiger charge is 2.17. The molecule has 0 unspecified atom stereocenters. The number of aromatic nitrogens is 3. The zero-order valence-electron chi connectivity index (χ0n) is 15.6. The Balaban J connectivity index is 1.73. The van der Waals surface area contributed by atoms with Gasteiger partial charge in [0, 0.05) is 23.0 Å². The number of H-pyrrole nitrogens is 1. The normalized spacial score (nSPS) is 13.4. The molecule has 2 aromatic heterocycles. The van der Waals surface area contributed by atoms with Gasteiger partial charge in [-0.1, -0.05) is 12.1 Å². The van der Waals surface area contributed by atoms with Crippen LogP contribution in [-0.4, -0.2) is 26.0 Å². The summed E-state index contributed by atoms with van der Waals surface area (Å²) in [4.78, 5) is 23.5. The van der Waals surface area contributed by atoms with Crippen LogP contribution in [-0.2, 0) is 0 Å². The predicted molar refractivity (Wildman–Crippen MR) is 109 cm³/mol. The van der Waals surface area contributed by atoms with E-state index in [0.29, 0.717) is 11.4 Å². The maximum Gasteiger partial charge on any atom is 0.291 e. The van der Waals surface area contributed by atoms with Gasteiger partial charge in [-0.3, -0.25) is 9.78 Å². The summed E-state index contributed by atoms with van der Waals surface area (Å²) in [5.41, 5.74) is 4.19. The summed E-state index contributed by atoms with van der Waals surface area (Å²) in [6.45, 7) is 0. The molecule has 0 spiro atoms. The Kier molecular flexibility index (Phi) is 5.08. The van der Waals surface area contributed by atoms with Crippen LogP contribution in [0.5, 0.6) is 5.75 Å². The highest BCUT2D eigenvalue weighted by molar-refractivity contribution is 6.03. The van der Waals surface area contributed by atoms with Crippen molar-refractivity contribution in [3.63, 3.8) is 0 Å². The van der Waals surface area contributed by atoms with E-state index < -0.39 is 5.91 Å². The molecule has 4 rings (SSSR count). The average molecular weight is 385 g/mol. The Morgan fingerprint density at radius 1 is 1.24 bits per heavy atom. The third-order valence-electron chi connectivity index (χ3n) is 4.88. The topological polar surface area (TPSA) is 115 Å². The number of allylic oxidation sites excluding steroid dienone is 2. The molecule has 29 heavy (non-hydrogen) atoms. The quantitative estimate of drug-likeness (QED) is 0.621. The van der Waals surface area contributed by atoms with Gasteiger partial charge in [-0.2, -0.15) is 5.26 Å². The summed E-state index contributed by atoms with van der Waals surface area (Å²) >= 11 is 0. The minimum atomic E-state index is -0.419. The van der Waals surface area contributed by atoms with Crippen molar-refractivity contribution >= 4 is 17.2 Å². The van der Waals surface area contributed by atoms with E-state index in [9.17, 15) is 9.90 Å². The standard InChI is InChI=1S/C22H19N5O2/c23-12-16-13-25-21(26-16)22(29)27-18-9-8-15(20-19(28)7-4-10-24-20)11-17(18)14-5-2-1-3-6-14/h4-5,7-11,13,28H,1-3,6H2,(H,25,26)(H,27,29). The SMILES string of the molecule is N#Cc1cnc(C(=O)Nc2ccc(-c3ncccc3O)cc2C2=CCCCC2)[nH]1. The first-order valence-electron chi connectivity index (χ1n) is 9.40. The lowest BCUT2D eigenvalue weighted by Gasteiger charge is -2.18. The number of pyridine rings is 1. The second-order valence-electron chi connectivity index (χ2n) is 6.82. The summed E-state index contributed by atoms with van der Waals surface area (Å²) in [6.07, 6.45) is 9.29. The number of carbonyl (C=O) groups excluding carboxylic acids is 1. The third-order valence-corrected chi connectivity index (χ3v) is 4.88. The first-order chi connectivity index (χ1) is 14.2. The summed E-state index contributed by atoms with van der Waals surface area (Å²) in [5.74, 6) is -0.235. The van der Waals surface area contributed by atoms with Gasteiger partial charge in [-0.25, -0.2) is 4.98 Å². The number of benzene rings is 1. The fraction of sp³-hybridized carbons (Fsp3) is 0.182. The summed E-state index contributed by atoms with van der Waals surface area (Å²) in [5, 5.41) is 22.0. The van der Waals surface area contributed by atoms with E-state index in [-0.39, 0.29) is 17.3 Å². The maximum absolute atomic E-state index is 12.6. The molecule has 1 amide bonds. The molecule has 144 valence electrons. The van der Waals surface area contributed by atoms with Crippen LogP contribution in [0.1, 0.15) is 47.6 Å². The monoisotopic (exact) mass is 385 g/mol. The molecule has 0 atom stereocenters. The minimum absolute atomic E-state index is 0.0802. The first-order valence-corrected chi connectivity index (χ1v) is 9.40. The van der Waals surface area contributed by atoms with Crippen molar-refractivity contribution in [1.82, 2.24) is 15.0 Å². The molecule has 0 saturated heterocycles. The Labute approximate surface area is 167 Å². The lowest BCUT2D eigenvalue weighted by molar-refractivity contribution is 0.101. The Bertz CT molecular complexity index is 1140. The number of hydrogen-bond acceptors (Lipinski definition) is 5. The van der Waals surface area contributed by atoms with Gasteiger partial charge in [-0.05, 0) is 55.5 Å². The van der Waals surface area contributed by atoms with Crippen molar-refractivity contribution in [1.29, 1.82) is 5.26 Å². The average Bonchev–Trinajstić information content (AvgIpc) is 3.25. The molecule has 0 bridgehead atoms. The van der Waals surface area contributed by atoms with E-state index in [4.69, 9.17) is 5.26 Å². The smallest absolute Gasteiger partial charge is 0.291 e. The van der Waals surface area contributed by atoms with E-state index in [2.05, 4.69) is 26.3 Å². The van der Waals surface area contributed by atoms with Crippen LogP contribution >= 0.6 is 0 Å². The minimum Gasteiger partial charge on any atom is -0.506 e. The molecule has 0 aliphatic heterocycles. The second kappa shape index (κ2) is 7.98. The number of rotatable bonds is 4. The van der Waals surface area contributed by atoms with Gasteiger partial charge in [0.1, 0.15) is 23.2 Å². The van der Waals surface area contributed by atoms with Crippen LogP contribution in [0.15, 0.2) is 48.8 Å². The molecule has 0 fully saturated rings. The van der Waals surface area contributed by atoms with Gasteiger partial charge in [0.15, 0.2) is 5.82 Å². The predicted octanol–water partition coefficient (Wildman–Crippen LogP) is 4.26. The zero-order valence-corrected chi connectivity index (χ0v) is 15.6. The number of imidazole rings is 1. The lowest BCUT2D eigenvalue weighted by atomic mass is 9.91. The van der Waals surface area contributed by atoms with Crippen LogP contribution in [0.2, 0.25) is 0 Å². The Morgan fingerprint density at radius 3 is 2.86 bits per heavy atom. The number of anilines is 1. The highest BCUT2D eigenvalue weighted by atomic mass is 16.3. The molecule has 2 heterocycles. The summed E-state index contributed by atoms with van der Waals surface area (Å²) in [6, 6.07) is 10.8. The summed E-state index contributed by atoms with van der Waals surface area (Å²) < 4.78 is 0. The second-order valence-corrected chi connectivity index (χ2v) is 6.82. The van der Waals surface area contributed by atoms with Crippen LogP contribution in [0.25, 0.3) is 16.8 Å². The van der Waals surface area contributed by atoms with E-state index in [1.807, 2.05) is 18.2 Å². The van der Waals surface area contributed by atoms with Gasteiger partial charge < -0.3 is 15.4 Å². The molecule has 3 N–H and O–H groups in total. The number of aromatic amines is 1. The molecule has 3 aromatic rings. The number of aromatic hydroxyl groups is 1. The lowest BCUT2D eigenvalue weighted by Crippen LogP contribution is -2.15. The highest BCUT2D eigenvalue weighted by Crippen LogP contribution is 2.36. The Hall–Kier alpha value is -3.92.